The zero-order valence-corrected chi connectivity index (χ0v) is 22.7. The molecule has 0 unspecified atom stereocenters. The van der Waals surface area contributed by atoms with E-state index < -0.39 is 0 Å². The molecule has 0 aliphatic rings. The fourth-order valence-corrected chi connectivity index (χ4v) is 6.26. The molecule has 0 spiro atoms. The molecule has 0 aromatic heterocycles. The fraction of sp³-hybridized carbons (Fsp3) is 0.222. The monoisotopic (exact) mass is 500 g/mol. The molecule has 38 heavy (non-hydrogen) atoms. The van der Waals surface area contributed by atoms with E-state index in [0.29, 0.717) is 0 Å². The molecular weight excluding hydrogens is 470 g/mol. The summed E-state index contributed by atoms with van der Waals surface area (Å²) in [6, 6.07) is 23.8. The van der Waals surface area contributed by atoms with Gasteiger partial charge in [0.2, 0.25) is 0 Å². The smallest absolute Gasteiger partial charge is 0.123 e. The van der Waals surface area contributed by atoms with Gasteiger partial charge in [0.15, 0.2) is 0 Å². The first-order valence-electron chi connectivity index (χ1n) is 13.3. The third kappa shape index (κ3) is 3.26. The Hall–Kier alpha value is -3.78. The van der Waals surface area contributed by atoms with Crippen LogP contribution in [-0.2, 0) is 10.8 Å². The standard InChI is InChI=1S/C36H30F2/c1-35(2,3)21-15-29-25-9-7-23(37)11-19(25)14-28-32-18-22(36(4,5)6)16-30-26-10-8-24(38)12-20(26)13-27(34(30)32)31(17-21)33(28)29/h7-18H,1-6H3. The van der Waals surface area contributed by atoms with Crippen LogP contribution in [-0.4, -0.2) is 0 Å². The molecule has 0 aliphatic carbocycles. The molecule has 0 heterocycles. The lowest BCUT2D eigenvalue weighted by molar-refractivity contribution is 0.591. The minimum atomic E-state index is -0.228. The van der Waals surface area contributed by atoms with Crippen LogP contribution in [0.15, 0.2) is 72.8 Å². The maximum atomic E-state index is 14.5. The van der Waals surface area contributed by atoms with Crippen LogP contribution in [0.3, 0.4) is 0 Å². The molecule has 0 saturated heterocycles. The normalized spacial score (nSPS) is 13.3. The van der Waals surface area contributed by atoms with Crippen LogP contribution < -0.4 is 0 Å². The maximum Gasteiger partial charge on any atom is 0.123 e. The highest BCUT2D eigenvalue weighted by atomic mass is 19.1. The van der Waals surface area contributed by atoms with Gasteiger partial charge in [-0.05, 0) is 147 Å². The summed E-state index contributed by atoms with van der Waals surface area (Å²) in [5.74, 6) is -0.455. The van der Waals surface area contributed by atoms with Gasteiger partial charge in [0.25, 0.3) is 0 Å². The van der Waals surface area contributed by atoms with Gasteiger partial charge >= 0.3 is 0 Å². The average Bonchev–Trinajstić information content (AvgIpc) is 2.84. The lowest BCUT2D eigenvalue weighted by Gasteiger charge is -2.25. The van der Waals surface area contributed by atoms with Crippen molar-refractivity contribution in [3.05, 3.63) is 95.6 Å². The Morgan fingerprint density at radius 2 is 0.711 bits per heavy atom. The Bertz CT molecular complexity index is 1950. The van der Waals surface area contributed by atoms with Gasteiger partial charge in [-0.2, -0.15) is 0 Å². The van der Waals surface area contributed by atoms with Gasteiger partial charge in [0.1, 0.15) is 11.6 Å². The minimum Gasteiger partial charge on any atom is -0.207 e. The second kappa shape index (κ2) is 7.41. The van der Waals surface area contributed by atoms with Crippen LogP contribution >= 0.6 is 0 Å². The summed E-state index contributed by atoms with van der Waals surface area (Å²) in [5, 5.41) is 13.2. The minimum absolute atomic E-state index is 0.0779. The van der Waals surface area contributed by atoms with Crippen molar-refractivity contribution in [2.45, 2.75) is 52.4 Å². The summed E-state index contributed by atoms with van der Waals surface area (Å²) in [7, 11) is 0. The van der Waals surface area contributed by atoms with E-state index in [1.807, 2.05) is 12.1 Å². The lowest BCUT2D eigenvalue weighted by atomic mass is 9.78. The summed E-state index contributed by atoms with van der Waals surface area (Å²) >= 11 is 0. The molecule has 0 aliphatic heterocycles. The van der Waals surface area contributed by atoms with Gasteiger partial charge in [-0.25, -0.2) is 8.78 Å². The van der Waals surface area contributed by atoms with Crippen LogP contribution in [0, 0.1) is 11.6 Å². The molecule has 0 bridgehead atoms. The van der Waals surface area contributed by atoms with Crippen LogP contribution in [0.4, 0.5) is 8.78 Å². The van der Waals surface area contributed by atoms with E-state index >= 15 is 0 Å². The second-order valence-electron chi connectivity index (χ2n) is 13.0. The molecule has 0 radical (unpaired) electrons. The van der Waals surface area contributed by atoms with Crippen LogP contribution in [0.25, 0.3) is 64.6 Å². The van der Waals surface area contributed by atoms with Gasteiger partial charge in [0.05, 0.1) is 0 Å². The molecule has 7 rings (SSSR count). The Labute approximate surface area is 221 Å². The van der Waals surface area contributed by atoms with Crippen molar-refractivity contribution in [3.8, 4) is 0 Å². The van der Waals surface area contributed by atoms with Crippen molar-refractivity contribution in [1.82, 2.24) is 0 Å². The number of halogens is 2. The highest BCUT2D eigenvalue weighted by molar-refractivity contribution is 6.38. The van der Waals surface area contributed by atoms with E-state index in [1.54, 1.807) is 24.3 Å². The van der Waals surface area contributed by atoms with Crippen LogP contribution in [0.1, 0.15) is 52.7 Å². The Morgan fingerprint density at radius 1 is 0.395 bits per heavy atom. The molecule has 0 saturated carbocycles. The molecule has 188 valence electrons. The quantitative estimate of drug-likeness (QED) is 0.143. The molecule has 0 amide bonds. The SMILES string of the molecule is CC(C)(C)c1cc2c3ccc(F)cc3cc3c4cc(C(C)(C)C)cc5c6ccc(F)cc6cc(c(c1)c23)c54. The first-order valence-corrected chi connectivity index (χ1v) is 13.3. The van der Waals surface area contributed by atoms with Crippen LogP contribution in [0.5, 0.6) is 0 Å². The highest BCUT2D eigenvalue weighted by Gasteiger charge is 2.23. The predicted molar refractivity (Wildman–Crippen MR) is 160 cm³/mol. The van der Waals surface area contributed by atoms with Crippen molar-refractivity contribution >= 4 is 64.6 Å². The first kappa shape index (κ1) is 23.3. The lowest BCUT2D eigenvalue weighted by Crippen LogP contribution is -2.11. The highest BCUT2D eigenvalue weighted by Crippen LogP contribution is 2.47. The van der Waals surface area contributed by atoms with E-state index in [-0.39, 0.29) is 22.5 Å². The van der Waals surface area contributed by atoms with Crippen molar-refractivity contribution < 1.29 is 8.78 Å². The number of hydrogen-bond acceptors (Lipinski definition) is 0. The third-order valence-corrected chi connectivity index (χ3v) is 8.34. The van der Waals surface area contributed by atoms with E-state index in [2.05, 4.69) is 77.9 Å². The van der Waals surface area contributed by atoms with E-state index in [4.69, 9.17) is 0 Å². The first-order chi connectivity index (χ1) is 17.9. The average molecular weight is 501 g/mol. The van der Waals surface area contributed by atoms with Crippen LogP contribution in [0.2, 0.25) is 0 Å². The van der Waals surface area contributed by atoms with Gasteiger partial charge in [0, 0.05) is 0 Å². The second-order valence-corrected chi connectivity index (χ2v) is 13.0. The van der Waals surface area contributed by atoms with E-state index in [0.717, 1.165) is 43.1 Å². The molecule has 2 heteroatoms. The summed E-state index contributed by atoms with van der Waals surface area (Å²) in [6.45, 7) is 13.4. The number of hydrogen-bond donors (Lipinski definition) is 0. The van der Waals surface area contributed by atoms with Crippen molar-refractivity contribution in [1.29, 1.82) is 0 Å². The molecule has 7 aromatic carbocycles. The van der Waals surface area contributed by atoms with Gasteiger partial charge in [-0.3, -0.25) is 0 Å². The molecule has 0 atom stereocenters. The topological polar surface area (TPSA) is 0 Å². The largest absolute Gasteiger partial charge is 0.207 e. The summed E-state index contributed by atoms with van der Waals surface area (Å²) in [4.78, 5) is 0. The zero-order chi connectivity index (χ0) is 26.7. The molecule has 0 nitrogen and oxygen atoms in total. The summed E-state index contributed by atoms with van der Waals surface area (Å²) in [6.07, 6.45) is 0. The van der Waals surface area contributed by atoms with Crippen molar-refractivity contribution in [2.75, 3.05) is 0 Å². The predicted octanol–water partition coefficient (Wildman–Crippen LogP) is 10.9. The summed E-state index contributed by atoms with van der Waals surface area (Å²) in [5.41, 5.74) is 2.30. The molecular formula is C36H30F2. The number of rotatable bonds is 0. The molecule has 7 aromatic rings. The summed E-state index contributed by atoms with van der Waals surface area (Å²) < 4.78 is 29.0. The van der Waals surface area contributed by atoms with Crippen molar-refractivity contribution in [3.63, 3.8) is 0 Å². The van der Waals surface area contributed by atoms with Gasteiger partial charge in [-0.15, -0.1) is 0 Å². The Balaban J connectivity index is 1.87. The maximum absolute atomic E-state index is 14.5. The Morgan fingerprint density at radius 3 is 1.05 bits per heavy atom. The zero-order valence-electron chi connectivity index (χ0n) is 22.7. The van der Waals surface area contributed by atoms with Gasteiger partial charge < -0.3 is 0 Å². The van der Waals surface area contributed by atoms with E-state index in [1.165, 1.54) is 32.7 Å². The fourth-order valence-electron chi connectivity index (χ4n) is 6.26. The Kier molecular flexibility index (Phi) is 4.55. The number of fused-ring (bicyclic) bond motifs is 6. The van der Waals surface area contributed by atoms with Crippen molar-refractivity contribution in [2.24, 2.45) is 0 Å². The van der Waals surface area contributed by atoms with Gasteiger partial charge in [-0.1, -0.05) is 53.7 Å². The molecule has 0 N–H and O–H groups in total. The number of benzene rings is 7. The molecule has 0 fully saturated rings. The van der Waals surface area contributed by atoms with E-state index in [9.17, 15) is 8.78 Å². The third-order valence-electron chi connectivity index (χ3n) is 8.34.